The summed E-state index contributed by atoms with van der Waals surface area (Å²) in [6.45, 7) is 6.18. The molecule has 20 heavy (non-hydrogen) atoms. The first-order valence-corrected chi connectivity index (χ1v) is 6.80. The van der Waals surface area contributed by atoms with E-state index in [1.165, 1.54) is 0 Å². The second-order valence-corrected chi connectivity index (χ2v) is 5.60. The van der Waals surface area contributed by atoms with Crippen molar-refractivity contribution in [1.82, 2.24) is 5.32 Å². The molecule has 110 valence electrons. The van der Waals surface area contributed by atoms with Crippen LogP contribution in [0, 0.1) is 0 Å². The van der Waals surface area contributed by atoms with Gasteiger partial charge in [0, 0.05) is 17.2 Å². The number of ether oxygens (including phenoxy) is 2. The van der Waals surface area contributed by atoms with Crippen LogP contribution < -0.4 is 14.8 Å². The van der Waals surface area contributed by atoms with Gasteiger partial charge in [-0.05, 0) is 32.4 Å². The van der Waals surface area contributed by atoms with Crippen LogP contribution in [-0.4, -0.2) is 29.8 Å². The van der Waals surface area contributed by atoms with Gasteiger partial charge in [0.05, 0.1) is 0 Å². The summed E-state index contributed by atoms with van der Waals surface area (Å²) in [5, 5.41) is 12.5. The number of hydrogen-bond donors (Lipinski definition) is 2. The van der Waals surface area contributed by atoms with Gasteiger partial charge in [-0.1, -0.05) is 6.92 Å². The van der Waals surface area contributed by atoms with Crippen LogP contribution in [0.3, 0.4) is 0 Å². The average molecular weight is 279 g/mol. The Hall–Kier alpha value is -1.75. The van der Waals surface area contributed by atoms with E-state index in [1.54, 1.807) is 18.2 Å². The van der Waals surface area contributed by atoms with Gasteiger partial charge in [-0.25, -0.2) is 0 Å². The number of nitrogens with one attached hydrogen (secondary N) is 1. The predicted octanol–water partition coefficient (Wildman–Crippen LogP) is 1.80. The SMILES string of the molecule is CCC(C)(C)NC(=O)COc1ccc2c(c1)OCC2O. The van der Waals surface area contributed by atoms with E-state index in [4.69, 9.17) is 9.47 Å². The van der Waals surface area contributed by atoms with Gasteiger partial charge < -0.3 is 19.9 Å². The third-order valence-corrected chi connectivity index (χ3v) is 3.47. The first kappa shape index (κ1) is 14.7. The summed E-state index contributed by atoms with van der Waals surface area (Å²) in [7, 11) is 0. The van der Waals surface area contributed by atoms with Crippen molar-refractivity contribution in [2.45, 2.75) is 38.8 Å². The Bertz CT molecular complexity index is 499. The Kier molecular flexibility index (Phi) is 4.18. The van der Waals surface area contributed by atoms with Crippen molar-refractivity contribution in [3.8, 4) is 11.5 Å². The van der Waals surface area contributed by atoms with Gasteiger partial charge in [-0.15, -0.1) is 0 Å². The van der Waals surface area contributed by atoms with Gasteiger partial charge in [0.25, 0.3) is 5.91 Å². The monoisotopic (exact) mass is 279 g/mol. The molecule has 0 spiro atoms. The number of aliphatic hydroxyl groups excluding tert-OH is 1. The standard InChI is InChI=1S/C15H21NO4/c1-4-15(2,3)16-14(18)9-19-10-5-6-11-12(17)8-20-13(11)7-10/h5-7,12,17H,4,8-9H2,1-3H3,(H,16,18). The van der Waals surface area contributed by atoms with E-state index < -0.39 is 6.10 Å². The largest absolute Gasteiger partial charge is 0.490 e. The molecule has 0 bridgehead atoms. The number of aliphatic hydroxyl groups is 1. The lowest BCUT2D eigenvalue weighted by Gasteiger charge is -2.24. The van der Waals surface area contributed by atoms with E-state index in [0.29, 0.717) is 11.5 Å². The maximum Gasteiger partial charge on any atom is 0.258 e. The normalized spacial score (nSPS) is 17.3. The maximum absolute atomic E-state index is 11.8. The Labute approximate surface area is 118 Å². The summed E-state index contributed by atoms with van der Waals surface area (Å²) in [5.41, 5.74) is 0.528. The molecule has 1 amide bonds. The van der Waals surface area contributed by atoms with Gasteiger partial charge in [0.15, 0.2) is 6.61 Å². The molecule has 0 saturated carbocycles. The molecule has 5 nitrogen and oxygen atoms in total. The zero-order valence-electron chi connectivity index (χ0n) is 12.1. The lowest BCUT2D eigenvalue weighted by atomic mass is 10.0. The average Bonchev–Trinajstić information content (AvgIpc) is 2.77. The van der Waals surface area contributed by atoms with Crippen LogP contribution in [0.4, 0.5) is 0 Å². The molecule has 1 aliphatic rings. The second-order valence-electron chi connectivity index (χ2n) is 5.60. The fourth-order valence-electron chi connectivity index (χ4n) is 1.91. The molecule has 0 aromatic heterocycles. The summed E-state index contributed by atoms with van der Waals surface area (Å²) in [4.78, 5) is 11.8. The molecule has 1 unspecified atom stereocenters. The van der Waals surface area contributed by atoms with Crippen molar-refractivity contribution < 1.29 is 19.4 Å². The van der Waals surface area contributed by atoms with Gasteiger partial charge in [-0.2, -0.15) is 0 Å². The highest BCUT2D eigenvalue weighted by Gasteiger charge is 2.22. The minimum atomic E-state index is -0.576. The lowest BCUT2D eigenvalue weighted by molar-refractivity contribution is -0.124. The highest BCUT2D eigenvalue weighted by molar-refractivity contribution is 5.78. The molecule has 1 aliphatic heterocycles. The lowest BCUT2D eigenvalue weighted by Crippen LogP contribution is -2.44. The maximum atomic E-state index is 11.8. The summed E-state index contributed by atoms with van der Waals surface area (Å²) in [6.07, 6.45) is 0.274. The molecule has 0 saturated heterocycles. The predicted molar refractivity (Wildman–Crippen MR) is 74.9 cm³/mol. The summed E-state index contributed by atoms with van der Waals surface area (Å²) >= 11 is 0. The first-order valence-electron chi connectivity index (χ1n) is 6.80. The van der Waals surface area contributed by atoms with Gasteiger partial charge in [0.1, 0.15) is 24.2 Å². The Morgan fingerprint density at radius 2 is 2.30 bits per heavy atom. The van der Waals surface area contributed by atoms with E-state index >= 15 is 0 Å². The quantitative estimate of drug-likeness (QED) is 0.862. The van der Waals surface area contributed by atoms with Crippen molar-refractivity contribution >= 4 is 5.91 Å². The molecule has 5 heteroatoms. The van der Waals surface area contributed by atoms with E-state index in [9.17, 15) is 9.90 Å². The number of fused-ring (bicyclic) bond motifs is 1. The minimum absolute atomic E-state index is 0.0369. The van der Waals surface area contributed by atoms with Crippen LogP contribution in [0.2, 0.25) is 0 Å². The minimum Gasteiger partial charge on any atom is -0.490 e. The van der Waals surface area contributed by atoms with Crippen molar-refractivity contribution in [2.24, 2.45) is 0 Å². The van der Waals surface area contributed by atoms with Crippen molar-refractivity contribution in [3.63, 3.8) is 0 Å². The van der Waals surface area contributed by atoms with Crippen LogP contribution in [-0.2, 0) is 4.79 Å². The fraction of sp³-hybridized carbons (Fsp3) is 0.533. The molecule has 0 fully saturated rings. The van der Waals surface area contributed by atoms with Crippen molar-refractivity contribution in [3.05, 3.63) is 23.8 Å². The number of carbonyl (C=O) groups excluding carboxylic acids is 1. The van der Waals surface area contributed by atoms with Gasteiger partial charge in [-0.3, -0.25) is 4.79 Å². The zero-order valence-corrected chi connectivity index (χ0v) is 12.1. The summed E-state index contributed by atoms with van der Waals surface area (Å²) in [5.74, 6) is 1.02. The highest BCUT2D eigenvalue weighted by atomic mass is 16.5. The van der Waals surface area contributed by atoms with E-state index in [-0.39, 0.29) is 24.7 Å². The van der Waals surface area contributed by atoms with Crippen LogP contribution >= 0.6 is 0 Å². The molecule has 1 heterocycles. The molecular formula is C15H21NO4. The van der Waals surface area contributed by atoms with E-state index in [0.717, 1.165) is 12.0 Å². The third kappa shape index (κ3) is 3.42. The number of amides is 1. The third-order valence-electron chi connectivity index (χ3n) is 3.47. The van der Waals surface area contributed by atoms with Crippen LogP contribution in [0.25, 0.3) is 0 Å². The van der Waals surface area contributed by atoms with Crippen LogP contribution in [0.15, 0.2) is 18.2 Å². The number of rotatable bonds is 5. The fourth-order valence-corrected chi connectivity index (χ4v) is 1.91. The Morgan fingerprint density at radius 1 is 1.55 bits per heavy atom. The number of benzene rings is 1. The molecule has 1 aromatic rings. The van der Waals surface area contributed by atoms with Crippen molar-refractivity contribution in [2.75, 3.05) is 13.2 Å². The van der Waals surface area contributed by atoms with E-state index in [1.807, 2.05) is 20.8 Å². The van der Waals surface area contributed by atoms with Crippen LogP contribution in [0.5, 0.6) is 11.5 Å². The molecule has 2 rings (SSSR count). The Balaban J connectivity index is 1.90. The smallest absolute Gasteiger partial charge is 0.258 e. The zero-order chi connectivity index (χ0) is 14.8. The number of carbonyl (C=O) groups is 1. The number of hydrogen-bond acceptors (Lipinski definition) is 4. The van der Waals surface area contributed by atoms with E-state index in [2.05, 4.69) is 5.32 Å². The second kappa shape index (κ2) is 5.71. The van der Waals surface area contributed by atoms with Gasteiger partial charge >= 0.3 is 0 Å². The van der Waals surface area contributed by atoms with Crippen molar-refractivity contribution in [1.29, 1.82) is 0 Å². The molecular weight excluding hydrogens is 258 g/mol. The molecule has 0 radical (unpaired) electrons. The van der Waals surface area contributed by atoms with Crippen LogP contribution in [0.1, 0.15) is 38.9 Å². The molecule has 0 aliphatic carbocycles. The topological polar surface area (TPSA) is 67.8 Å². The molecule has 2 N–H and O–H groups in total. The highest BCUT2D eigenvalue weighted by Crippen LogP contribution is 2.34. The Morgan fingerprint density at radius 3 is 3.00 bits per heavy atom. The summed E-state index contributed by atoms with van der Waals surface area (Å²) in [6, 6.07) is 5.19. The van der Waals surface area contributed by atoms with Gasteiger partial charge in [0.2, 0.25) is 0 Å². The molecule has 1 atom stereocenters. The summed E-state index contributed by atoms with van der Waals surface area (Å²) < 4.78 is 10.8. The molecule has 1 aromatic carbocycles. The first-order chi connectivity index (χ1) is 9.41.